The van der Waals surface area contributed by atoms with Crippen molar-refractivity contribution in [2.45, 2.75) is 19.4 Å². The molecule has 3 heterocycles. The van der Waals surface area contributed by atoms with Crippen molar-refractivity contribution in [3.8, 4) is 11.3 Å². The van der Waals surface area contributed by atoms with Gasteiger partial charge in [0.1, 0.15) is 5.52 Å². The number of aromatic nitrogens is 2. The summed E-state index contributed by atoms with van der Waals surface area (Å²) < 4.78 is 7.64. The van der Waals surface area contributed by atoms with Crippen LogP contribution in [0, 0.1) is 0 Å². The molecule has 0 saturated carbocycles. The summed E-state index contributed by atoms with van der Waals surface area (Å²) in [5, 5.41) is 0. The van der Waals surface area contributed by atoms with Gasteiger partial charge in [-0.1, -0.05) is 42.5 Å². The lowest BCUT2D eigenvalue weighted by Gasteiger charge is -2.22. The van der Waals surface area contributed by atoms with Crippen LogP contribution in [0.1, 0.15) is 17.0 Å². The van der Waals surface area contributed by atoms with E-state index in [0.29, 0.717) is 18.9 Å². The fraction of sp³-hybridized carbons (Fsp3) is 0.143. The molecule has 1 aliphatic rings. The molecule has 0 unspecified atom stereocenters. The number of hydrogen-bond donors (Lipinski definition) is 0. The highest BCUT2D eigenvalue weighted by Crippen LogP contribution is 2.28. The average Bonchev–Trinajstić information content (AvgIpc) is 3.06. The summed E-state index contributed by atoms with van der Waals surface area (Å²) in [6, 6.07) is 19.9. The third kappa shape index (κ3) is 2.30. The van der Waals surface area contributed by atoms with Gasteiger partial charge in [-0.25, -0.2) is 4.98 Å². The van der Waals surface area contributed by atoms with Crippen LogP contribution in [0.3, 0.4) is 0 Å². The first-order valence-electron chi connectivity index (χ1n) is 8.45. The van der Waals surface area contributed by atoms with Gasteiger partial charge in [0.05, 0.1) is 12.1 Å². The van der Waals surface area contributed by atoms with Crippen LogP contribution in [-0.2, 0) is 19.4 Å². The summed E-state index contributed by atoms with van der Waals surface area (Å²) in [4.78, 5) is 17.4. The molecule has 0 amide bonds. The zero-order valence-corrected chi connectivity index (χ0v) is 13.6. The summed E-state index contributed by atoms with van der Waals surface area (Å²) >= 11 is 0. The summed E-state index contributed by atoms with van der Waals surface area (Å²) in [5.41, 5.74) is 5.79. The highest BCUT2D eigenvalue weighted by molar-refractivity contribution is 5.72. The van der Waals surface area contributed by atoms with Gasteiger partial charge >= 0.3 is 0 Å². The number of fused-ring (bicyclic) bond motifs is 4. The lowest BCUT2D eigenvalue weighted by atomic mass is 9.97. The van der Waals surface area contributed by atoms with Crippen LogP contribution in [0.2, 0.25) is 0 Å². The largest absolute Gasteiger partial charge is 0.440 e. The van der Waals surface area contributed by atoms with Gasteiger partial charge in [0, 0.05) is 17.7 Å². The lowest BCUT2D eigenvalue weighted by molar-refractivity contribution is 0.541. The lowest BCUT2D eigenvalue weighted by Crippen LogP contribution is -2.28. The molecule has 1 aliphatic heterocycles. The van der Waals surface area contributed by atoms with Gasteiger partial charge in [-0.05, 0) is 30.2 Å². The third-order valence-electron chi connectivity index (χ3n) is 4.83. The van der Waals surface area contributed by atoms with Crippen LogP contribution in [0.15, 0.2) is 69.9 Å². The molecule has 4 heteroatoms. The quantitative estimate of drug-likeness (QED) is 0.562. The highest BCUT2D eigenvalue weighted by Gasteiger charge is 2.18. The fourth-order valence-corrected chi connectivity index (χ4v) is 3.59. The molecule has 2 aromatic carbocycles. The zero-order valence-electron chi connectivity index (χ0n) is 13.6. The second kappa shape index (κ2) is 5.45. The van der Waals surface area contributed by atoms with Crippen LogP contribution < -0.4 is 5.56 Å². The average molecular weight is 328 g/mol. The van der Waals surface area contributed by atoms with Crippen LogP contribution in [0.5, 0.6) is 0 Å². The van der Waals surface area contributed by atoms with E-state index in [-0.39, 0.29) is 5.56 Å². The molecule has 0 bridgehead atoms. The predicted octanol–water partition coefficient (Wildman–Crippen LogP) is 3.80. The SMILES string of the molecule is O=c1c(Cc2nc3ccccc3o2)ccc2n1CCc1ccccc1-2. The molecule has 122 valence electrons. The van der Waals surface area contributed by atoms with Gasteiger partial charge in [0.2, 0.25) is 0 Å². The number of rotatable bonds is 2. The number of oxazole rings is 1. The molecule has 0 fully saturated rings. The van der Waals surface area contributed by atoms with Crippen molar-refractivity contribution in [1.29, 1.82) is 0 Å². The maximum atomic E-state index is 12.9. The van der Waals surface area contributed by atoms with E-state index in [1.54, 1.807) is 0 Å². The Morgan fingerprint density at radius 2 is 1.84 bits per heavy atom. The van der Waals surface area contributed by atoms with E-state index in [4.69, 9.17) is 4.42 Å². The molecular weight excluding hydrogens is 312 g/mol. The van der Waals surface area contributed by atoms with Crippen molar-refractivity contribution in [3.63, 3.8) is 0 Å². The van der Waals surface area contributed by atoms with Gasteiger partial charge in [-0.3, -0.25) is 4.79 Å². The summed E-state index contributed by atoms with van der Waals surface area (Å²) in [6.45, 7) is 0.715. The number of hydrogen-bond acceptors (Lipinski definition) is 3. The number of benzene rings is 2. The van der Waals surface area contributed by atoms with Gasteiger partial charge < -0.3 is 8.98 Å². The first-order chi connectivity index (χ1) is 12.3. The minimum Gasteiger partial charge on any atom is -0.440 e. The Hall–Kier alpha value is -3.14. The van der Waals surface area contributed by atoms with Crippen molar-refractivity contribution < 1.29 is 4.42 Å². The van der Waals surface area contributed by atoms with E-state index >= 15 is 0 Å². The minimum absolute atomic E-state index is 0.0502. The van der Waals surface area contributed by atoms with Crippen molar-refractivity contribution in [3.05, 3.63) is 88.0 Å². The molecule has 4 nitrogen and oxygen atoms in total. The molecule has 0 aliphatic carbocycles. The van der Waals surface area contributed by atoms with Crippen molar-refractivity contribution in [2.24, 2.45) is 0 Å². The number of aryl methyl sites for hydroxylation is 1. The summed E-state index contributed by atoms with van der Waals surface area (Å²) in [7, 11) is 0. The van der Waals surface area contributed by atoms with E-state index in [1.165, 1.54) is 5.56 Å². The number of pyridine rings is 1. The van der Waals surface area contributed by atoms with Crippen LogP contribution in [0.25, 0.3) is 22.4 Å². The van der Waals surface area contributed by atoms with E-state index in [1.807, 2.05) is 53.1 Å². The van der Waals surface area contributed by atoms with Crippen LogP contribution in [-0.4, -0.2) is 9.55 Å². The zero-order chi connectivity index (χ0) is 16.8. The topological polar surface area (TPSA) is 48.0 Å². The van der Waals surface area contributed by atoms with Gasteiger partial charge in [-0.2, -0.15) is 0 Å². The van der Waals surface area contributed by atoms with Crippen LogP contribution >= 0.6 is 0 Å². The normalized spacial score (nSPS) is 12.8. The smallest absolute Gasteiger partial charge is 0.254 e. The standard InChI is InChI=1S/C21H16N2O2/c24-21-15(13-20-22-17-7-3-4-8-19(17)25-20)9-10-18-16-6-2-1-5-14(16)11-12-23(18)21/h1-10H,11-13H2. The summed E-state index contributed by atoms with van der Waals surface area (Å²) in [5.74, 6) is 0.579. The van der Waals surface area contributed by atoms with Gasteiger partial charge in [0.15, 0.2) is 11.5 Å². The Balaban J connectivity index is 1.57. The Morgan fingerprint density at radius 1 is 1.00 bits per heavy atom. The Morgan fingerprint density at radius 3 is 2.76 bits per heavy atom. The Bertz CT molecular complexity index is 1120. The van der Waals surface area contributed by atoms with Crippen molar-refractivity contribution >= 4 is 11.1 Å². The first kappa shape index (κ1) is 14.2. The van der Waals surface area contributed by atoms with Crippen LogP contribution in [0.4, 0.5) is 0 Å². The number of nitrogens with zero attached hydrogens (tertiary/aromatic N) is 2. The third-order valence-corrected chi connectivity index (χ3v) is 4.83. The number of para-hydroxylation sites is 2. The fourth-order valence-electron chi connectivity index (χ4n) is 3.59. The molecule has 5 rings (SSSR count). The molecule has 0 saturated heterocycles. The van der Waals surface area contributed by atoms with E-state index in [9.17, 15) is 4.79 Å². The van der Waals surface area contributed by atoms with Gasteiger partial charge in [0.25, 0.3) is 5.56 Å². The van der Waals surface area contributed by atoms with Crippen molar-refractivity contribution in [2.75, 3.05) is 0 Å². The maximum absolute atomic E-state index is 12.9. The van der Waals surface area contributed by atoms with E-state index in [0.717, 1.165) is 34.3 Å². The molecule has 4 aromatic rings. The Labute approximate surface area is 144 Å². The monoisotopic (exact) mass is 328 g/mol. The van der Waals surface area contributed by atoms with Crippen molar-refractivity contribution in [1.82, 2.24) is 9.55 Å². The highest BCUT2D eigenvalue weighted by atomic mass is 16.3. The molecule has 0 radical (unpaired) electrons. The molecule has 0 atom stereocenters. The predicted molar refractivity (Wildman–Crippen MR) is 96.7 cm³/mol. The van der Waals surface area contributed by atoms with E-state index in [2.05, 4.69) is 17.1 Å². The Kier molecular flexibility index (Phi) is 3.10. The summed E-state index contributed by atoms with van der Waals surface area (Å²) in [6.07, 6.45) is 1.30. The first-order valence-corrected chi connectivity index (χ1v) is 8.45. The van der Waals surface area contributed by atoms with Gasteiger partial charge in [-0.15, -0.1) is 0 Å². The maximum Gasteiger partial charge on any atom is 0.254 e. The molecule has 25 heavy (non-hydrogen) atoms. The second-order valence-electron chi connectivity index (χ2n) is 6.36. The molecule has 0 N–H and O–H groups in total. The molecule has 2 aromatic heterocycles. The minimum atomic E-state index is 0.0502. The van der Waals surface area contributed by atoms with E-state index < -0.39 is 0 Å². The second-order valence-corrected chi connectivity index (χ2v) is 6.36. The molecule has 0 spiro atoms. The molecular formula is C21H16N2O2.